The number of hydrogen-bond acceptors (Lipinski definition) is 7. The van der Waals surface area contributed by atoms with Gasteiger partial charge in [0.1, 0.15) is 11.6 Å². The van der Waals surface area contributed by atoms with Gasteiger partial charge >= 0.3 is 0 Å². The van der Waals surface area contributed by atoms with Crippen LogP contribution in [0.1, 0.15) is 38.9 Å². The van der Waals surface area contributed by atoms with Gasteiger partial charge in [0, 0.05) is 18.5 Å². The third-order valence-electron chi connectivity index (χ3n) is 6.16. The number of methoxy groups -OCH3 is 1. The van der Waals surface area contributed by atoms with Gasteiger partial charge in [-0.05, 0) is 42.3 Å². The highest BCUT2D eigenvalue weighted by Gasteiger charge is 2.37. The Kier molecular flexibility index (Phi) is 6.01. The van der Waals surface area contributed by atoms with Crippen LogP contribution >= 0.6 is 0 Å². The minimum absolute atomic E-state index is 0.0720. The third kappa shape index (κ3) is 4.33. The van der Waals surface area contributed by atoms with E-state index in [2.05, 4.69) is 19.9 Å². The molecule has 2 N–H and O–H groups in total. The summed E-state index contributed by atoms with van der Waals surface area (Å²) in [5, 5.41) is 0. The first-order valence-corrected chi connectivity index (χ1v) is 11.2. The van der Waals surface area contributed by atoms with E-state index in [-0.39, 0.29) is 30.1 Å². The first-order chi connectivity index (χ1) is 17.3. The van der Waals surface area contributed by atoms with Crippen LogP contribution in [0.2, 0.25) is 0 Å². The van der Waals surface area contributed by atoms with Gasteiger partial charge in [0.25, 0.3) is 5.91 Å². The number of anilines is 1. The number of hydrogen-bond donors (Lipinski definition) is 1. The predicted molar refractivity (Wildman–Crippen MR) is 128 cm³/mol. The van der Waals surface area contributed by atoms with Crippen molar-refractivity contribution in [2.24, 2.45) is 0 Å². The lowest BCUT2D eigenvalue weighted by atomic mass is 9.88. The summed E-state index contributed by atoms with van der Waals surface area (Å²) in [6.45, 7) is 1.90. The van der Waals surface area contributed by atoms with Gasteiger partial charge < -0.3 is 15.4 Å². The SMILES string of the molecule is COc1cncc(-c2cc(F)ccc2C2Cc3nc(N)nc(C)c3C(=O)N2Cc2ccc(F)cc2)n1. The maximum absolute atomic E-state index is 14.5. The minimum Gasteiger partial charge on any atom is -0.480 e. The molecule has 10 heteroatoms. The van der Waals surface area contributed by atoms with Crippen molar-refractivity contribution in [2.45, 2.75) is 25.9 Å². The van der Waals surface area contributed by atoms with Gasteiger partial charge in [-0.2, -0.15) is 0 Å². The number of rotatable bonds is 5. The molecule has 0 radical (unpaired) electrons. The zero-order valence-electron chi connectivity index (χ0n) is 19.6. The molecule has 0 aliphatic carbocycles. The van der Waals surface area contributed by atoms with Crippen LogP contribution in [0.5, 0.6) is 5.88 Å². The summed E-state index contributed by atoms with van der Waals surface area (Å²) in [6.07, 6.45) is 3.27. The van der Waals surface area contributed by atoms with Crippen molar-refractivity contribution in [1.29, 1.82) is 0 Å². The molecule has 2 aromatic heterocycles. The molecular weight excluding hydrogens is 466 g/mol. The van der Waals surface area contributed by atoms with Crippen LogP contribution in [0.4, 0.5) is 14.7 Å². The van der Waals surface area contributed by atoms with E-state index >= 15 is 0 Å². The number of ether oxygens (including phenoxy) is 1. The molecule has 1 unspecified atom stereocenters. The van der Waals surface area contributed by atoms with E-state index in [0.29, 0.717) is 40.2 Å². The number of benzene rings is 2. The number of carbonyl (C=O) groups excluding carboxylic acids is 1. The summed E-state index contributed by atoms with van der Waals surface area (Å²) >= 11 is 0. The summed E-state index contributed by atoms with van der Waals surface area (Å²) < 4.78 is 33.2. The monoisotopic (exact) mass is 488 g/mol. The Hall–Kier alpha value is -4.47. The van der Waals surface area contributed by atoms with Crippen molar-refractivity contribution in [2.75, 3.05) is 12.8 Å². The van der Waals surface area contributed by atoms with Crippen LogP contribution in [0.15, 0.2) is 54.9 Å². The molecule has 0 bridgehead atoms. The van der Waals surface area contributed by atoms with Gasteiger partial charge in [-0.25, -0.2) is 23.7 Å². The van der Waals surface area contributed by atoms with Crippen LogP contribution < -0.4 is 10.5 Å². The summed E-state index contributed by atoms with van der Waals surface area (Å²) in [5.41, 5.74) is 9.50. The molecule has 2 aromatic carbocycles. The highest BCUT2D eigenvalue weighted by Crippen LogP contribution is 2.39. The number of amides is 1. The van der Waals surface area contributed by atoms with Gasteiger partial charge in [-0.1, -0.05) is 18.2 Å². The van der Waals surface area contributed by atoms with Crippen LogP contribution in [0, 0.1) is 18.6 Å². The number of nitrogens with zero attached hydrogens (tertiary/aromatic N) is 5. The van der Waals surface area contributed by atoms with Gasteiger partial charge in [0.2, 0.25) is 11.8 Å². The number of carbonyl (C=O) groups is 1. The maximum Gasteiger partial charge on any atom is 0.258 e. The zero-order valence-corrected chi connectivity index (χ0v) is 19.6. The summed E-state index contributed by atoms with van der Waals surface area (Å²) in [4.78, 5) is 32.6. The number of halogens is 2. The lowest BCUT2D eigenvalue weighted by Crippen LogP contribution is -2.41. The molecule has 4 aromatic rings. The van der Waals surface area contributed by atoms with E-state index in [4.69, 9.17) is 10.5 Å². The lowest BCUT2D eigenvalue weighted by Gasteiger charge is -2.38. The van der Waals surface area contributed by atoms with Crippen molar-refractivity contribution < 1.29 is 18.3 Å². The number of aryl methyl sites for hydroxylation is 1. The lowest BCUT2D eigenvalue weighted by molar-refractivity contribution is 0.0624. The largest absolute Gasteiger partial charge is 0.480 e. The zero-order chi connectivity index (χ0) is 25.4. The topological polar surface area (TPSA) is 107 Å². The highest BCUT2D eigenvalue weighted by atomic mass is 19.1. The molecule has 0 saturated heterocycles. The second-order valence-electron chi connectivity index (χ2n) is 8.45. The van der Waals surface area contributed by atoms with Crippen molar-refractivity contribution in [3.63, 3.8) is 0 Å². The Morgan fingerprint density at radius 3 is 2.56 bits per heavy atom. The van der Waals surface area contributed by atoms with Crippen molar-refractivity contribution in [3.05, 3.63) is 94.6 Å². The fraction of sp³-hybridized carbons (Fsp3) is 0.192. The summed E-state index contributed by atoms with van der Waals surface area (Å²) in [6, 6.07) is 9.71. The van der Waals surface area contributed by atoms with Crippen molar-refractivity contribution in [1.82, 2.24) is 24.8 Å². The smallest absolute Gasteiger partial charge is 0.258 e. The van der Waals surface area contributed by atoms with Crippen LogP contribution in [-0.4, -0.2) is 37.9 Å². The second-order valence-corrected chi connectivity index (χ2v) is 8.45. The molecule has 1 atom stereocenters. The van der Waals surface area contributed by atoms with E-state index in [1.165, 1.54) is 43.8 Å². The van der Waals surface area contributed by atoms with Crippen molar-refractivity contribution in [3.8, 4) is 17.1 Å². The predicted octanol–water partition coefficient (Wildman–Crippen LogP) is 4.05. The molecule has 36 heavy (non-hydrogen) atoms. The molecule has 182 valence electrons. The Balaban J connectivity index is 1.67. The molecule has 8 nitrogen and oxygen atoms in total. The van der Waals surface area contributed by atoms with E-state index in [9.17, 15) is 13.6 Å². The molecule has 5 rings (SSSR count). The van der Waals surface area contributed by atoms with Gasteiger partial charge in [0.05, 0.1) is 48.2 Å². The Labute approximate surface area is 205 Å². The van der Waals surface area contributed by atoms with Gasteiger partial charge in [0.15, 0.2) is 0 Å². The van der Waals surface area contributed by atoms with Gasteiger partial charge in [-0.15, -0.1) is 0 Å². The first-order valence-electron chi connectivity index (χ1n) is 11.2. The third-order valence-corrected chi connectivity index (χ3v) is 6.16. The average molecular weight is 488 g/mol. The molecule has 0 fully saturated rings. The van der Waals surface area contributed by atoms with Crippen LogP contribution in [0.25, 0.3) is 11.3 Å². The number of aromatic nitrogens is 4. The van der Waals surface area contributed by atoms with E-state index in [0.717, 1.165) is 5.56 Å². The van der Waals surface area contributed by atoms with Crippen LogP contribution in [-0.2, 0) is 13.0 Å². The highest BCUT2D eigenvalue weighted by molar-refractivity contribution is 5.98. The van der Waals surface area contributed by atoms with E-state index in [1.54, 1.807) is 30.0 Å². The molecular formula is C26H22F2N6O2. The van der Waals surface area contributed by atoms with E-state index < -0.39 is 11.9 Å². The minimum atomic E-state index is -0.549. The molecule has 1 amide bonds. The summed E-state index contributed by atoms with van der Waals surface area (Å²) in [7, 11) is 1.47. The average Bonchev–Trinajstić information content (AvgIpc) is 2.86. The van der Waals surface area contributed by atoms with E-state index in [1.807, 2.05) is 0 Å². The fourth-order valence-corrected chi connectivity index (χ4v) is 4.52. The molecule has 0 spiro atoms. The fourth-order valence-electron chi connectivity index (χ4n) is 4.52. The normalized spacial score (nSPS) is 15.1. The molecule has 1 aliphatic heterocycles. The number of fused-ring (bicyclic) bond motifs is 1. The number of nitrogens with two attached hydrogens (primary N) is 1. The molecule has 3 heterocycles. The van der Waals surface area contributed by atoms with Crippen molar-refractivity contribution >= 4 is 11.9 Å². The Bertz CT molecular complexity index is 1460. The quantitative estimate of drug-likeness (QED) is 0.452. The molecule has 1 aliphatic rings. The maximum atomic E-state index is 14.5. The summed E-state index contributed by atoms with van der Waals surface area (Å²) in [5.74, 6) is -0.791. The molecule has 0 saturated carbocycles. The second kappa shape index (κ2) is 9.29. The van der Waals surface area contributed by atoms with Crippen LogP contribution in [0.3, 0.4) is 0 Å². The Morgan fingerprint density at radius 2 is 1.81 bits per heavy atom. The van der Waals surface area contributed by atoms with Gasteiger partial charge in [-0.3, -0.25) is 9.78 Å². The standard InChI is InChI=1S/C26H22F2N6O2/c1-14-24-20(33-26(29)31-14)10-22(34(25(24)35)13-15-3-5-16(27)6-4-15)18-8-7-17(28)9-19(18)21-11-30-12-23(32-21)36-2/h3-9,11-12,22H,10,13H2,1-2H3,(H2,29,31,33). The Morgan fingerprint density at radius 1 is 1.06 bits per heavy atom. The first kappa shape index (κ1) is 23.3. The number of nitrogen functional groups attached to an aromatic ring is 1.